The van der Waals surface area contributed by atoms with Gasteiger partial charge in [-0.05, 0) is 40.2 Å². The molecule has 25 heavy (non-hydrogen) atoms. The molecular formula is C15H10BrCl2N3O4. The van der Waals surface area contributed by atoms with Gasteiger partial charge in [-0.15, -0.1) is 0 Å². The molecule has 0 bridgehead atoms. The molecule has 0 aliphatic rings. The fourth-order valence-corrected chi connectivity index (χ4v) is 2.68. The lowest BCUT2D eigenvalue weighted by molar-refractivity contribution is -0.384. The van der Waals surface area contributed by atoms with Crippen LogP contribution in [0.4, 0.5) is 5.69 Å². The van der Waals surface area contributed by atoms with Crippen molar-refractivity contribution in [1.29, 1.82) is 0 Å². The smallest absolute Gasteiger partial charge is 0.288 e. The van der Waals surface area contributed by atoms with E-state index in [1.54, 1.807) is 18.2 Å². The van der Waals surface area contributed by atoms with Crippen LogP contribution in [0.1, 0.15) is 5.56 Å². The van der Waals surface area contributed by atoms with Gasteiger partial charge in [0.2, 0.25) is 0 Å². The number of hydrogen-bond donors (Lipinski definition) is 1. The van der Waals surface area contributed by atoms with Crippen molar-refractivity contribution >= 4 is 56.9 Å². The normalized spacial score (nSPS) is 10.7. The van der Waals surface area contributed by atoms with Crippen LogP contribution in [0.3, 0.4) is 0 Å². The Hall–Kier alpha value is -2.16. The second-order valence-corrected chi connectivity index (χ2v) is 6.32. The summed E-state index contributed by atoms with van der Waals surface area (Å²) in [5, 5.41) is 15.1. The monoisotopic (exact) mass is 445 g/mol. The van der Waals surface area contributed by atoms with Gasteiger partial charge >= 0.3 is 0 Å². The highest BCUT2D eigenvalue weighted by molar-refractivity contribution is 9.10. The number of nitrogens with zero attached hydrogens (tertiary/aromatic N) is 2. The molecule has 7 nitrogen and oxygen atoms in total. The van der Waals surface area contributed by atoms with E-state index in [0.717, 1.165) is 0 Å². The Kier molecular flexibility index (Phi) is 6.74. The molecule has 2 rings (SSSR count). The van der Waals surface area contributed by atoms with Gasteiger partial charge in [0.1, 0.15) is 10.8 Å². The lowest BCUT2D eigenvalue weighted by atomic mass is 10.2. The molecule has 1 N–H and O–H groups in total. The number of ether oxygens (including phenoxy) is 1. The first-order valence-corrected chi connectivity index (χ1v) is 8.25. The van der Waals surface area contributed by atoms with E-state index in [9.17, 15) is 14.9 Å². The first kappa shape index (κ1) is 19.2. The summed E-state index contributed by atoms with van der Waals surface area (Å²) in [5.41, 5.74) is 2.43. The van der Waals surface area contributed by atoms with E-state index in [2.05, 4.69) is 26.5 Å². The van der Waals surface area contributed by atoms with Crippen molar-refractivity contribution < 1.29 is 14.5 Å². The van der Waals surface area contributed by atoms with Crippen molar-refractivity contribution in [2.24, 2.45) is 5.10 Å². The average Bonchev–Trinajstić information content (AvgIpc) is 2.55. The molecule has 0 radical (unpaired) electrons. The Balaban J connectivity index is 1.90. The summed E-state index contributed by atoms with van der Waals surface area (Å²) in [6.07, 6.45) is 1.26. The molecule has 0 aromatic heterocycles. The van der Waals surface area contributed by atoms with Crippen LogP contribution >= 0.6 is 39.1 Å². The van der Waals surface area contributed by atoms with Gasteiger partial charge in [-0.25, -0.2) is 5.43 Å². The summed E-state index contributed by atoms with van der Waals surface area (Å²) in [7, 11) is 0. The second-order valence-electron chi connectivity index (χ2n) is 4.62. The topological polar surface area (TPSA) is 93.8 Å². The lowest BCUT2D eigenvalue weighted by Gasteiger charge is -2.07. The minimum absolute atomic E-state index is 0.0214. The van der Waals surface area contributed by atoms with Crippen LogP contribution in [0.25, 0.3) is 0 Å². The van der Waals surface area contributed by atoms with Crippen LogP contribution in [0.2, 0.25) is 10.0 Å². The molecule has 0 fully saturated rings. The number of nitro benzene ring substituents is 1. The van der Waals surface area contributed by atoms with E-state index >= 15 is 0 Å². The van der Waals surface area contributed by atoms with Gasteiger partial charge in [0.05, 0.1) is 15.6 Å². The Morgan fingerprint density at radius 1 is 1.32 bits per heavy atom. The van der Waals surface area contributed by atoms with Crippen molar-refractivity contribution in [3.8, 4) is 5.75 Å². The number of rotatable bonds is 6. The molecular weight excluding hydrogens is 437 g/mol. The Morgan fingerprint density at radius 2 is 2.08 bits per heavy atom. The molecule has 0 unspecified atom stereocenters. The predicted octanol–water partition coefficient (Wildman–Crippen LogP) is 4.19. The number of hydrazone groups is 1. The number of nitro groups is 1. The fourth-order valence-electron chi connectivity index (χ4n) is 1.70. The van der Waals surface area contributed by atoms with Gasteiger partial charge in [0.25, 0.3) is 11.6 Å². The maximum atomic E-state index is 11.7. The number of carbonyl (C=O) groups is 1. The molecule has 130 valence electrons. The minimum atomic E-state index is -0.601. The van der Waals surface area contributed by atoms with Crippen molar-refractivity contribution in [1.82, 2.24) is 5.43 Å². The molecule has 0 heterocycles. The number of carbonyl (C=O) groups excluding carboxylic acids is 1. The van der Waals surface area contributed by atoms with E-state index in [4.69, 9.17) is 27.9 Å². The lowest BCUT2D eigenvalue weighted by Crippen LogP contribution is -2.24. The largest absolute Gasteiger partial charge is 0.483 e. The highest BCUT2D eigenvalue weighted by atomic mass is 79.9. The van der Waals surface area contributed by atoms with Crippen LogP contribution in [-0.4, -0.2) is 23.7 Å². The molecule has 0 saturated heterocycles. The Morgan fingerprint density at radius 3 is 2.76 bits per heavy atom. The van der Waals surface area contributed by atoms with Crippen LogP contribution < -0.4 is 10.2 Å². The van der Waals surface area contributed by atoms with Crippen LogP contribution in [0.15, 0.2) is 46.0 Å². The van der Waals surface area contributed by atoms with Crippen molar-refractivity contribution in [3.63, 3.8) is 0 Å². The predicted molar refractivity (Wildman–Crippen MR) is 98.5 cm³/mol. The van der Waals surface area contributed by atoms with E-state index in [1.165, 1.54) is 24.4 Å². The van der Waals surface area contributed by atoms with Gasteiger partial charge < -0.3 is 4.74 Å². The fraction of sp³-hybridized carbons (Fsp3) is 0.0667. The Labute approximate surface area is 160 Å². The third-order valence-corrected chi connectivity index (χ3v) is 4.00. The summed E-state index contributed by atoms with van der Waals surface area (Å²) in [6, 6.07) is 9.05. The van der Waals surface area contributed by atoms with E-state index in [1.807, 2.05) is 0 Å². The molecule has 0 aliphatic carbocycles. The first-order valence-electron chi connectivity index (χ1n) is 6.70. The number of hydrogen-bond acceptors (Lipinski definition) is 5. The molecule has 2 aromatic rings. The SMILES string of the molecule is O=C(COc1ccc(Cl)cc1Br)N/N=C\c1ccc(Cl)c([N+](=O)[O-])c1. The quantitative estimate of drug-likeness (QED) is 0.408. The number of benzene rings is 2. The summed E-state index contributed by atoms with van der Waals surface area (Å²) in [4.78, 5) is 21.9. The van der Waals surface area contributed by atoms with Crippen molar-refractivity contribution in [2.45, 2.75) is 0 Å². The number of amides is 1. The zero-order chi connectivity index (χ0) is 18.4. The molecule has 0 atom stereocenters. The van der Waals surface area contributed by atoms with Gasteiger partial charge in [0, 0.05) is 16.7 Å². The third kappa shape index (κ3) is 5.70. The second kappa shape index (κ2) is 8.80. The molecule has 2 aromatic carbocycles. The third-order valence-electron chi connectivity index (χ3n) is 2.82. The van der Waals surface area contributed by atoms with E-state index < -0.39 is 10.8 Å². The minimum Gasteiger partial charge on any atom is -0.483 e. The van der Waals surface area contributed by atoms with Crippen LogP contribution in [0, 0.1) is 10.1 Å². The van der Waals surface area contributed by atoms with E-state index in [-0.39, 0.29) is 17.3 Å². The van der Waals surface area contributed by atoms with Crippen LogP contribution in [-0.2, 0) is 4.79 Å². The summed E-state index contributed by atoms with van der Waals surface area (Å²) >= 11 is 14.8. The van der Waals surface area contributed by atoms with Gasteiger partial charge in [-0.1, -0.05) is 29.3 Å². The molecule has 1 amide bonds. The van der Waals surface area contributed by atoms with Crippen molar-refractivity contribution in [2.75, 3.05) is 6.61 Å². The average molecular weight is 447 g/mol. The van der Waals surface area contributed by atoms with E-state index in [0.29, 0.717) is 20.8 Å². The highest BCUT2D eigenvalue weighted by Gasteiger charge is 2.12. The molecule has 0 saturated carbocycles. The number of halogens is 3. The zero-order valence-corrected chi connectivity index (χ0v) is 15.5. The Bertz CT molecular complexity index is 846. The van der Waals surface area contributed by atoms with Crippen molar-refractivity contribution in [3.05, 3.63) is 66.6 Å². The summed E-state index contributed by atoms with van der Waals surface area (Å²) < 4.78 is 5.94. The maximum Gasteiger partial charge on any atom is 0.288 e. The zero-order valence-electron chi connectivity index (χ0n) is 12.4. The molecule has 0 spiro atoms. The summed E-state index contributed by atoms with van der Waals surface area (Å²) in [6.45, 7) is -0.266. The van der Waals surface area contributed by atoms with Gasteiger partial charge in [-0.3, -0.25) is 14.9 Å². The molecule has 10 heteroatoms. The summed E-state index contributed by atoms with van der Waals surface area (Å²) in [5.74, 6) is -0.0431. The standard InChI is InChI=1S/C15H10BrCl2N3O4/c16-11-6-10(17)2-4-14(11)25-8-15(22)20-19-7-9-1-3-12(18)13(5-9)21(23)24/h1-7H,8H2,(H,20,22)/b19-7-. The van der Waals surface area contributed by atoms with Gasteiger partial charge in [-0.2, -0.15) is 5.10 Å². The van der Waals surface area contributed by atoms with Crippen LogP contribution in [0.5, 0.6) is 5.75 Å². The highest BCUT2D eigenvalue weighted by Crippen LogP contribution is 2.28. The maximum absolute atomic E-state index is 11.7. The number of nitrogens with one attached hydrogen (secondary N) is 1. The molecule has 0 aliphatic heterocycles. The van der Waals surface area contributed by atoms with Gasteiger partial charge in [0.15, 0.2) is 6.61 Å². The first-order chi connectivity index (χ1) is 11.9.